The van der Waals surface area contributed by atoms with Gasteiger partial charge in [0.2, 0.25) is 0 Å². The van der Waals surface area contributed by atoms with E-state index in [4.69, 9.17) is 4.74 Å². The first-order valence-electron chi connectivity index (χ1n) is 9.89. The van der Waals surface area contributed by atoms with Crippen LogP contribution < -0.4 is 20.3 Å². The second-order valence-electron chi connectivity index (χ2n) is 6.96. The Hall–Kier alpha value is -1.55. The molecule has 1 atom stereocenters. The van der Waals surface area contributed by atoms with Crippen molar-refractivity contribution in [2.75, 3.05) is 31.1 Å². The van der Waals surface area contributed by atoms with Crippen LogP contribution >= 0.6 is 35.3 Å². The van der Waals surface area contributed by atoms with Crippen molar-refractivity contribution in [2.24, 2.45) is 4.99 Å². The van der Waals surface area contributed by atoms with Crippen molar-refractivity contribution in [1.29, 1.82) is 0 Å². The van der Waals surface area contributed by atoms with E-state index < -0.39 is 0 Å². The molecular formula is C21H30FIN4OS. The molecule has 1 aliphatic heterocycles. The number of rotatable bonds is 7. The fourth-order valence-electron chi connectivity index (χ4n) is 3.24. The molecule has 29 heavy (non-hydrogen) atoms. The summed E-state index contributed by atoms with van der Waals surface area (Å²) in [6.07, 6.45) is 2.02. The zero-order valence-electron chi connectivity index (χ0n) is 16.9. The summed E-state index contributed by atoms with van der Waals surface area (Å²) < 4.78 is 19.0. The predicted molar refractivity (Wildman–Crippen MR) is 131 cm³/mol. The van der Waals surface area contributed by atoms with E-state index in [1.807, 2.05) is 6.92 Å². The maximum absolute atomic E-state index is 13.3. The first-order chi connectivity index (χ1) is 13.6. The highest BCUT2D eigenvalue weighted by atomic mass is 127. The van der Waals surface area contributed by atoms with Crippen LogP contribution in [0.3, 0.4) is 0 Å². The Balaban J connectivity index is 0.00000300. The van der Waals surface area contributed by atoms with Gasteiger partial charge in [-0.05, 0) is 56.3 Å². The molecule has 3 rings (SSSR count). The number of nitrogens with one attached hydrogen (secondary N) is 2. The highest BCUT2D eigenvalue weighted by Gasteiger charge is 2.20. The summed E-state index contributed by atoms with van der Waals surface area (Å²) in [4.78, 5) is 7.11. The van der Waals surface area contributed by atoms with Crippen LogP contribution in [-0.2, 0) is 0 Å². The summed E-state index contributed by atoms with van der Waals surface area (Å²) in [7, 11) is 0. The van der Waals surface area contributed by atoms with Gasteiger partial charge in [-0.25, -0.2) is 9.38 Å². The summed E-state index contributed by atoms with van der Waals surface area (Å²) in [6.45, 7) is 7.41. The smallest absolute Gasteiger partial charge is 0.191 e. The molecule has 2 N–H and O–H groups in total. The van der Waals surface area contributed by atoms with Crippen LogP contribution in [0.1, 0.15) is 26.7 Å². The van der Waals surface area contributed by atoms with Crippen molar-refractivity contribution in [3.8, 4) is 5.75 Å². The molecule has 1 aromatic carbocycles. The number of piperidine rings is 1. The third kappa shape index (κ3) is 7.65. The van der Waals surface area contributed by atoms with Crippen molar-refractivity contribution < 1.29 is 9.13 Å². The number of hydrogen-bond donors (Lipinski definition) is 2. The first kappa shape index (κ1) is 23.7. The molecule has 2 aromatic rings. The van der Waals surface area contributed by atoms with E-state index in [0.717, 1.165) is 38.4 Å². The lowest BCUT2D eigenvalue weighted by Crippen LogP contribution is -2.49. The molecule has 0 bridgehead atoms. The van der Waals surface area contributed by atoms with Crippen molar-refractivity contribution in [3.63, 3.8) is 0 Å². The normalized spacial score (nSPS) is 16.1. The molecule has 0 aliphatic carbocycles. The zero-order valence-corrected chi connectivity index (χ0v) is 20.1. The standard InChI is InChI=1S/C21H29FN4OS.HI/c1-3-23-21(24-15-16(2)27-19-7-4-6-17(22)14-19)25-18-9-11-26(12-10-18)20-8-5-13-28-20;/h4-8,13-14,16,18H,3,9-12,15H2,1-2H3,(H2,23,24,25);1H. The zero-order chi connectivity index (χ0) is 19.8. The molecule has 5 nitrogen and oxygen atoms in total. The van der Waals surface area contributed by atoms with Crippen LogP contribution in [0.2, 0.25) is 0 Å². The average molecular weight is 532 g/mol. The number of guanidine groups is 1. The van der Waals surface area contributed by atoms with E-state index >= 15 is 0 Å². The Morgan fingerprint density at radius 1 is 1.31 bits per heavy atom. The summed E-state index contributed by atoms with van der Waals surface area (Å²) >= 11 is 1.80. The van der Waals surface area contributed by atoms with Gasteiger partial charge in [0.1, 0.15) is 17.7 Å². The van der Waals surface area contributed by atoms with Crippen LogP contribution in [0.15, 0.2) is 46.8 Å². The number of halogens is 2. The fraction of sp³-hybridized carbons (Fsp3) is 0.476. The molecule has 0 amide bonds. The number of thiophene rings is 1. The van der Waals surface area contributed by atoms with Crippen LogP contribution in [0.25, 0.3) is 0 Å². The monoisotopic (exact) mass is 532 g/mol. The van der Waals surface area contributed by atoms with Crippen molar-refractivity contribution in [3.05, 3.63) is 47.6 Å². The molecule has 8 heteroatoms. The van der Waals surface area contributed by atoms with E-state index in [1.54, 1.807) is 23.5 Å². The number of anilines is 1. The Kier molecular flexibility index (Phi) is 9.99. The second-order valence-corrected chi connectivity index (χ2v) is 7.89. The maximum atomic E-state index is 13.3. The van der Waals surface area contributed by atoms with E-state index in [2.05, 4.69) is 45.0 Å². The lowest BCUT2D eigenvalue weighted by atomic mass is 10.1. The summed E-state index contributed by atoms with van der Waals surface area (Å²) in [5.41, 5.74) is 0. The molecule has 0 spiro atoms. The largest absolute Gasteiger partial charge is 0.489 e. The van der Waals surface area contributed by atoms with Gasteiger partial charge in [0.25, 0.3) is 0 Å². The number of benzene rings is 1. The Labute approximate surface area is 193 Å². The Morgan fingerprint density at radius 2 is 2.10 bits per heavy atom. The van der Waals surface area contributed by atoms with Gasteiger partial charge in [0.15, 0.2) is 5.96 Å². The average Bonchev–Trinajstić information content (AvgIpc) is 3.22. The fourth-order valence-corrected chi connectivity index (χ4v) is 4.02. The topological polar surface area (TPSA) is 48.9 Å². The number of ether oxygens (including phenoxy) is 1. The Bertz CT molecular complexity index is 751. The van der Waals surface area contributed by atoms with Crippen molar-refractivity contribution in [2.45, 2.75) is 38.8 Å². The molecule has 2 heterocycles. The lowest BCUT2D eigenvalue weighted by molar-refractivity contribution is 0.229. The van der Waals surface area contributed by atoms with Crippen LogP contribution in [0.4, 0.5) is 9.39 Å². The number of aliphatic imine (C=N–C) groups is 1. The predicted octanol–water partition coefficient (Wildman–Crippen LogP) is 4.50. The van der Waals surface area contributed by atoms with Gasteiger partial charge in [-0.2, -0.15) is 0 Å². The molecule has 0 saturated carbocycles. The Morgan fingerprint density at radius 3 is 2.76 bits per heavy atom. The summed E-state index contributed by atoms with van der Waals surface area (Å²) in [6, 6.07) is 10.9. The molecule has 1 unspecified atom stereocenters. The van der Waals surface area contributed by atoms with Gasteiger partial charge < -0.3 is 20.3 Å². The minimum atomic E-state index is -0.294. The highest BCUT2D eigenvalue weighted by molar-refractivity contribution is 14.0. The molecule has 1 aliphatic rings. The number of hydrogen-bond acceptors (Lipinski definition) is 4. The molecular weight excluding hydrogens is 502 g/mol. The first-order valence-corrected chi connectivity index (χ1v) is 10.8. The molecule has 160 valence electrons. The SMILES string of the molecule is CCNC(=NCC(C)Oc1cccc(F)c1)NC1CCN(c2cccs2)CC1.I. The van der Waals surface area contributed by atoms with Crippen molar-refractivity contribution >= 4 is 46.3 Å². The van der Waals surface area contributed by atoms with E-state index in [0.29, 0.717) is 18.3 Å². The van der Waals surface area contributed by atoms with Gasteiger partial charge >= 0.3 is 0 Å². The van der Waals surface area contributed by atoms with Gasteiger partial charge in [-0.3, -0.25) is 0 Å². The van der Waals surface area contributed by atoms with Crippen molar-refractivity contribution in [1.82, 2.24) is 10.6 Å². The minimum Gasteiger partial charge on any atom is -0.489 e. The maximum Gasteiger partial charge on any atom is 0.191 e. The third-order valence-electron chi connectivity index (χ3n) is 4.64. The third-order valence-corrected chi connectivity index (χ3v) is 5.57. The van der Waals surface area contributed by atoms with Gasteiger partial charge in [0.05, 0.1) is 11.5 Å². The van der Waals surface area contributed by atoms with Crippen LogP contribution in [0, 0.1) is 5.82 Å². The molecule has 1 fully saturated rings. The lowest BCUT2D eigenvalue weighted by Gasteiger charge is -2.33. The number of nitrogens with zero attached hydrogens (tertiary/aromatic N) is 2. The van der Waals surface area contributed by atoms with E-state index in [1.165, 1.54) is 17.1 Å². The van der Waals surface area contributed by atoms with E-state index in [9.17, 15) is 4.39 Å². The highest BCUT2D eigenvalue weighted by Crippen LogP contribution is 2.24. The summed E-state index contributed by atoms with van der Waals surface area (Å²) in [5, 5.41) is 10.3. The van der Waals surface area contributed by atoms with Gasteiger partial charge in [-0.1, -0.05) is 6.07 Å². The molecule has 1 aromatic heterocycles. The minimum absolute atomic E-state index is 0. The van der Waals surface area contributed by atoms with E-state index in [-0.39, 0.29) is 35.9 Å². The molecule has 1 saturated heterocycles. The van der Waals surface area contributed by atoms with Crippen LogP contribution in [-0.4, -0.2) is 44.3 Å². The van der Waals surface area contributed by atoms with Gasteiger partial charge in [0, 0.05) is 31.7 Å². The quantitative estimate of drug-likeness (QED) is 0.314. The van der Waals surface area contributed by atoms with Gasteiger partial charge in [-0.15, -0.1) is 35.3 Å². The van der Waals surface area contributed by atoms with Crippen LogP contribution in [0.5, 0.6) is 5.75 Å². The summed E-state index contributed by atoms with van der Waals surface area (Å²) in [5.74, 6) is 1.05. The molecule has 0 radical (unpaired) electrons. The second kappa shape index (κ2) is 12.2.